The molecule has 2 aromatic carbocycles. The molecule has 1 fully saturated rings. The summed E-state index contributed by atoms with van der Waals surface area (Å²) in [5.74, 6) is 0.448. The lowest BCUT2D eigenvalue weighted by atomic mass is 9.77. The van der Waals surface area contributed by atoms with E-state index in [9.17, 15) is 4.79 Å². The van der Waals surface area contributed by atoms with Gasteiger partial charge in [-0.25, -0.2) is 9.78 Å². The summed E-state index contributed by atoms with van der Waals surface area (Å²) < 4.78 is 18.3. The molecule has 2 heterocycles. The van der Waals surface area contributed by atoms with Crippen molar-refractivity contribution in [1.29, 1.82) is 0 Å². The van der Waals surface area contributed by atoms with Crippen LogP contribution in [0.15, 0.2) is 66.1 Å². The SMILES string of the molecule is Cc1nc(N)ccc1C=C(CNC(=O)OCC1c2ccccc2-c2ccccc21)B1OC(C)(C)C(C)(C)O1. The van der Waals surface area contributed by atoms with Crippen LogP contribution in [-0.2, 0) is 14.0 Å². The first-order valence-electron chi connectivity index (χ1n) is 12.9. The molecular formula is C30H34BN3O4. The lowest BCUT2D eigenvalue weighted by Gasteiger charge is -2.32. The van der Waals surface area contributed by atoms with E-state index in [0.717, 1.165) is 16.7 Å². The van der Waals surface area contributed by atoms with Crippen LogP contribution < -0.4 is 11.1 Å². The second kappa shape index (κ2) is 9.93. The van der Waals surface area contributed by atoms with Crippen LogP contribution in [0.2, 0.25) is 0 Å². The molecule has 0 spiro atoms. The van der Waals surface area contributed by atoms with Gasteiger partial charge in [0.15, 0.2) is 0 Å². The van der Waals surface area contributed by atoms with Crippen molar-refractivity contribution < 1.29 is 18.8 Å². The van der Waals surface area contributed by atoms with E-state index in [1.807, 2.05) is 71.0 Å². The molecule has 38 heavy (non-hydrogen) atoms. The van der Waals surface area contributed by atoms with Gasteiger partial charge in [-0.2, -0.15) is 0 Å². The summed E-state index contributed by atoms with van der Waals surface area (Å²) in [6.45, 7) is 10.3. The molecule has 0 atom stereocenters. The minimum absolute atomic E-state index is 0.00485. The van der Waals surface area contributed by atoms with Crippen LogP contribution in [0.5, 0.6) is 0 Å². The van der Waals surface area contributed by atoms with Crippen molar-refractivity contribution >= 4 is 25.1 Å². The molecule has 3 aromatic rings. The number of carbonyl (C=O) groups is 1. The van der Waals surface area contributed by atoms with Crippen molar-refractivity contribution in [2.24, 2.45) is 0 Å². The number of nitrogens with one attached hydrogen (secondary N) is 1. The molecule has 1 saturated heterocycles. The van der Waals surface area contributed by atoms with Crippen molar-refractivity contribution in [3.05, 3.63) is 88.5 Å². The number of ether oxygens (including phenoxy) is 1. The van der Waals surface area contributed by atoms with Crippen LogP contribution >= 0.6 is 0 Å². The third-order valence-electron chi connectivity index (χ3n) is 7.83. The van der Waals surface area contributed by atoms with Gasteiger partial charge in [0.05, 0.1) is 11.2 Å². The highest BCUT2D eigenvalue weighted by Gasteiger charge is 2.52. The second-order valence-electron chi connectivity index (χ2n) is 10.9. The van der Waals surface area contributed by atoms with Gasteiger partial charge in [0.1, 0.15) is 12.4 Å². The van der Waals surface area contributed by atoms with Crippen LogP contribution in [-0.4, -0.2) is 42.5 Å². The largest absolute Gasteiger partial charge is 0.492 e. The number of hydrogen-bond acceptors (Lipinski definition) is 6. The second-order valence-corrected chi connectivity index (χ2v) is 10.9. The maximum absolute atomic E-state index is 12.9. The summed E-state index contributed by atoms with van der Waals surface area (Å²) in [6, 6.07) is 20.2. The van der Waals surface area contributed by atoms with Crippen molar-refractivity contribution in [1.82, 2.24) is 10.3 Å². The summed E-state index contributed by atoms with van der Waals surface area (Å²) in [5, 5.41) is 2.90. The Bertz CT molecular complexity index is 1340. The molecule has 1 aromatic heterocycles. The monoisotopic (exact) mass is 511 g/mol. The molecular weight excluding hydrogens is 477 g/mol. The first-order chi connectivity index (χ1) is 18.1. The fourth-order valence-corrected chi connectivity index (χ4v) is 4.96. The highest BCUT2D eigenvalue weighted by Crippen LogP contribution is 2.44. The summed E-state index contributed by atoms with van der Waals surface area (Å²) in [4.78, 5) is 17.2. The van der Waals surface area contributed by atoms with E-state index in [-0.39, 0.29) is 19.1 Å². The normalized spacial score (nSPS) is 17.7. The number of hydrogen-bond donors (Lipinski definition) is 2. The fraction of sp³-hybridized carbons (Fsp3) is 0.333. The molecule has 2 aliphatic rings. The number of fused-ring (bicyclic) bond motifs is 3. The Morgan fingerprint density at radius 2 is 1.58 bits per heavy atom. The molecule has 1 aliphatic heterocycles. The predicted molar refractivity (Wildman–Crippen MR) is 151 cm³/mol. The molecule has 196 valence electrons. The minimum atomic E-state index is -0.633. The topological polar surface area (TPSA) is 95.7 Å². The zero-order valence-corrected chi connectivity index (χ0v) is 22.6. The third-order valence-corrected chi connectivity index (χ3v) is 7.83. The van der Waals surface area contributed by atoms with E-state index in [1.54, 1.807) is 6.07 Å². The van der Waals surface area contributed by atoms with E-state index < -0.39 is 24.4 Å². The van der Waals surface area contributed by atoms with Gasteiger partial charge in [0.2, 0.25) is 0 Å². The van der Waals surface area contributed by atoms with E-state index in [2.05, 4.69) is 34.6 Å². The molecule has 0 unspecified atom stereocenters. The van der Waals surface area contributed by atoms with Crippen molar-refractivity contribution in [2.45, 2.75) is 51.7 Å². The smallest absolute Gasteiger partial charge is 0.449 e. The Labute approximate surface area is 224 Å². The van der Waals surface area contributed by atoms with E-state index in [1.165, 1.54) is 22.3 Å². The van der Waals surface area contributed by atoms with Crippen LogP contribution in [0.25, 0.3) is 17.2 Å². The van der Waals surface area contributed by atoms with E-state index >= 15 is 0 Å². The van der Waals surface area contributed by atoms with Crippen LogP contribution in [0, 0.1) is 6.92 Å². The maximum atomic E-state index is 12.9. The molecule has 7 nitrogen and oxygen atoms in total. The third kappa shape index (κ3) is 4.94. The zero-order valence-electron chi connectivity index (χ0n) is 22.6. The van der Waals surface area contributed by atoms with E-state index in [4.69, 9.17) is 19.8 Å². The summed E-state index contributed by atoms with van der Waals surface area (Å²) in [7, 11) is -0.633. The number of benzene rings is 2. The number of aryl methyl sites for hydroxylation is 1. The predicted octanol–water partition coefficient (Wildman–Crippen LogP) is 5.53. The van der Waals surface area contributed by atoms with Gasteiger partial charge >= 0.3 is 13.2 Å². The first kappa shape index (κ1) is 26.0. The molecule has 1 aliphatic carbocycles. The average Bonchev–Trinajstić information content (AvgIpc) is 3.30. The Kier molecular flexibility index (Phi) is 6.80. The quantitative estimate of drug-likeness (QED) is 0.423. The van der Waals surface area contributed by atoms with Crippen molar-refractivity contribution in [3.63, 3.8) is 0 Å². The fourth-order valence-electron chi connectivity index (χ4n) is 4.96. The Hall–Kier alpha value is -3.62. The van der Waals surface area contributed by atoms with Gasteiger partial charge in [-0.1, -0.05) is 54.6 Å². The molecule has 1 amide bonds. The van der Waals surface area contributed by atoms with Crippen molar-refractivity contribution in [2.75, 3.05) is 18.9 Å². The van der Waals surface area contributed by atoms with Gasteiger partial charge in [-0.15, -0.1) is 0 Å². The zero-order chi connectivity index (χ0) is 27.1. The van der Waals surface area contributed by atoms with Crippen LogP contribution in [0.4, 0.5) is 10.6 Å². The van der Waals surface area contributed by atoms with Gasteiger partial charge in [0.25, 0.3) is 0 Å². The number of anilines is 1. The van der Waals surface area contributed by atoms with Gasteiger partial charge in [0, 0.05) is 18.2 Å². The molecule has 8 heteroatoms. The molecule has 0 saturated carbocycles. The molecule has 5 rings (SSSR count). The van der Waals surface area contributed by atoms with Crippen LogP contribution in [0.1, 0.15) is 56.0 Å². The molecule has 0 radical (unpaired) electrons. The molecule has 0 bridgehead atoms. The number of carbonyl (C=O) groups excluding carboxylic acids is 1. The standard InChI is InChI=1S/C30H34BN3O4/c1-19-20(14-15-27(32)34-19)16-21(31-37-29(2,3)30(4,5)38-31)17-33-28(35)36-18-26-24-12-8-6-10-22(24)23-11-7-9-13-25(23)26/h6-16,26H,17-18H2,1-5H3,(H2,32,34)(H,33,35). The number of amides is 1. The number of pyridine rings is 1. The molecule has 3 N–H and O–H groups in total. The average molecular weight is 511 g/mol. The van der Waals surface area contributed by atoms with Crippen LogP contribution in [0.3, 0.4) is 0 Å². The van der Waals surface area contributed by atoms with Crippen molar-refractivity contribution in [3.8, 4) is 11.1 Å². The maximum Gasteiger partial charge on any atom is 0.492 e. The summed E-state index contributed by atoms with van der Waals surface area (Å²) in [6.07, 6.45) is 1.44. The number of rotatable bonds is 6. The van der Waals surface area contributed by atoms with Gasteiger partial charge < -0.3 is 25.1 Å². The lowest BCUT2D eigenvalue weighted by molar-refractivity contribution is 0.00578. The first-order valence-corrected chi connectivity index (χ1v) is 12.9. The highest BCUT2D eigenvalue weighted by molar-refractivity contribution is 6.56. The number of nitrogen functional groups attached to an aromatic ring is 1. The Morgan fingerprint density at radius 3 is 2.16 bits per heavy atom. The summed E-state index contributed by atoms with van der Waals surface area (Å²) in [5.41, 5.74) is 11.9. The van der Waals surface area contributed by atoms with E-state index in [0.29, 0.717) is 5.82 Å². The number of nitrogens with two attached hydrogens (primary N) is 1. The van der Waals surface area contributed by atoms with Gasteiger partial charge in [-0.05, 0) is 80.0 Å². The minimum Gasteiger partial charge on any atom is -0.449 e. The summed E-state index contributed by atoms with van der Waals surface area (Å²) >= 11 is 0. The Balaban J connectivity index is 1.31. The van der Waals surface area contributed by atoms with Gasteiger partial charge in [-0.3, -0.25) is 0 Å². The number of aromatic nitrogens is 1. The Morgan fingerprint density at radius 1 is 1.00 bits per heavy atom. The number of alkyl carbamates (subject to hydrolysis) is 1. The number of nitrogens with zero attached hydrogens (tertiary/aromatic N) is 1. The lowest BCUT2D eigenvalue weighted by Crippen LogP contribution is -2.41. The highest BCUT2D eigenvalue weighted by atomic mass is 16.7.